The third-order valence-electron chi connectivity index (χ3n) is 21.3. The molecule has 2 aliphatic carbocycles. The van der Waals surface area contributed by atoms with Gasteiger partial charge in [0, 0.05) is 21.5 Å². The van der Waals surface area contributed by atoms with E-state index in [0.29, 0.717) is 0 Å². The molecule has 4 aliphatic rings. The molecule has 90 heavy (non-hydrogen) atoms. The molecule has 0 saturated heterocycles. The quantitative estimate of drug-likeness (QED) is 0.155. The minimum absolute atomic E-state index is 0.583. The molecule has 0 fully saturated rings. The number of benzene rings is 15. The van der Waals surface area contributed by atoms with Crippen molar-refractivity contribution in [1.29, 1.82) is 0 Å². The summed E-state index contributed by atoms with van der Waals surface area (Å²) in [5, 5.41) is 10.0. The lowest BCUT2D eigenvalue weighted by Crippen LogP contribution is -2.33. The Kier molecular flexibility index (Phi) is 9.47. The molecule has 0 saturated carbocycles. The molecule has 15 aromatic carbocycles. The topological polar surface area (TPSA) is 9.86 Å². The second-order valence-electron chi connectivity index (χ2n) is 25.2. The van der Waals surface area contributed by atoms with Crippen LogP contribution in [0.3, 0.4) is 0 Å². The maximum absolute atomic E-state index is 2.56. The monoisotopic (exact) mass is 1140 g/mol. The van der Waals surface area contributed by atoms with E-state index in [0.717, 1.165) is 0 Å². The normalized spacial score (nSPS) is 16.1. The fourth-order valence-corrected chi connectivity index (χ4v) is 18.1. The van der Waals surface area contributed by atoms with Crippen LogP contribution in [0.1, 0.15) is 44.5 Å². The maximum atomic E-state index is 2.56. The van der Waals surface area contributed by atoms with Crippen LogP contribution in [0.2, 0.25) is 0 Å². The van der Waals surface area contributed by atoms with Crippen molar-refractivity contribution in [2.75, 3.05) is 0 Å². The van der Waals surface area contributed by atoms with E-state index in [-0.39, 0.29) is 0 Å². The summed E-state index contributed by atoms with van der Waals surface area (Å²) >= 11 is 0. The first-order valence-corrected chi connectivity index (χ1v) is 31.6. The van der Waals surface area contributed by atoms with Crippen molar-refractivity contribution < 1.29 is 0 Å². The molecule has 0 radical (unpaired) electrons. The highest BCUT2D eigenvalue weighted by Gasteiger charge is 2.53. The molecule has 2 unspecified atom stereocenters. The second-order valence-corrected chi connectivity index (χ2v) is 25.2. The zero-order chi connectivity index (χ0) is 58.6. The van der Waals surface area contributed by atoms with Crippen LogP contribution in [0.4, 0.5) is 0 Å². The summed E-state index contributed by atoms with van der Waals surface area (Å²) in [6.45, 7) is 0. The summed E-state index contributed by atoms with van der Waals surface area (Å²) < 4.78 is 5.09. The SMILES string of the molecule is c1ccc(-c2ccc(-c3c4cccc(-c5cccc6c5-c5ccccc5C65c6ccccc6-n6c7ccccc7c7cccc5c76)c4cc4c(-c5cccc6c5-c5ccccc5C65c6ccccc6-n6c7ccccc7c7cccc5c76)cccc34)cc2)cc1. The Morgan fingerprint density at radius 2 is 0.533 bits per heavy atom. The van der Waals surface area contributed by atoms with Gasteiger partial charge in [-0.3, -0.25) is 0 Å². The van der Waals surface area contributed by atoms with Crippen LogP contribution >= 0.6 is 0 Å². The van der Waals surface area contributed by atoms with E-state index < -0.39 is 10.8 Å². The van der Waals surface area contributed by atoms with E-state index in [9.17, 15) is 0 Å². The van der Waals surface area contributed by atoms with Crippen molar-refractivity contribution >= 4 is 65.2 Å². The molecule has 2 spiro atoms. The molecule has 0 amide bonds. The summed E-state index contributed by atoms with van der Waals surface area (Å²) in [4.78, 5) is 0. The summed E-state index contributed by atoms with van der Waals surface area (Å²) in [6, 6.07) is 120. The van der Waals surface area contributed by atoms with E-state index in [1.807, 2.05) is 0 Å². The van der Waals surface area contributed by atoms with E-state index in [2.05, 4.69) is 325 Å². The number of hydrogen-bond acceptors (Lipinski definition) is 0. The lowest BCUT2D eigenvalue weighted by molar-refractivity contribution is 0.748. The van der Waals surface area contributed by atoms with Gasteiger partial charge in [-0.15, -0.1) is 0 Å². The van der Waals surface area contributed by atoms with Crippen LogP contribution in [-0.4, -0.2) is 9.13 Å². The van der Waals surface area contributed by atoms with E-state index in [1.165, 1.54) is 188 Å². The number of para-hydroxylation sites is 6. The Labute approximate surface area is 520 Å². The van der Waals surface area contributed by atoms with Gasteiger partial charge in [0.1, 0.15) is 0 Å². The minimum atomic E-state index is -0.583. The van der Waals surface area contributed by atoms with Gasteiger partial charge in [-0.05, 0) is 163 Å². The predicted molar refractivity (Wildman–Crippen MR) is 374 cm³/mol. The van der Waals surface area contributed by atoms with Crippen molar-refractivity contribution in [3.63, 3.8) is 0 Å². The number of rotatable bonds is 4. The van der Waals surface area contributed by atoms with Crippen molar-refractivity contribution in [2.24, 2.45) is 0 Å². The number of aromatic nitrogens is 2. The third kappa shape index (κ3) is 5.86. The van der Waals surface area contributed by atoms with E-state index in [1.54, 1.807) is 0 Å². The van der Waals surface area contributed by atoms with Gasteiger partial charge in [-0.1, -0.05) is 285 Å². The highest BCUT2D eigenvalue weighted by Crippen LogP contribution is 2.65. The Balaban J connectivity index is 0.852. The molecule has 17 aromatic rings. The molecule has 2 nitrogen and oxygen atoms in total. The highest BCUT2D eigenvalue weighted by molar-refractivity contribution is 6.22. The minimum Gasteiger partial charge on any atom is -0.309 e. The van der Waals surface area contributed by atoms with Gasteiger partial charge in [0.25, 0.3) is 0 Å². The largest absolute Gasteiger partial charge is 0.309 e. The van der Waals surface area contributed by atoms with Gasteiger partial charge >= 0.3 is 0 Å². The van der Waals surface area contributed by atoms with Crippen molar-refractivity contribution in [1.82, 2.24) is 9.13 Å². The van der Waals surface area contributed by atoms with Crippen LogP contribution < -0.4 is 0 Å². The summed E-state index contributed by atoms with van der Waals surface area (Å²) in [5.41, 5.74) is 31.8. The molecule has 0 N–H and O–H groups in total. The van der Waals surface area contributed by atoms with Crippen LogP contribution in [0.5, 0.6) is 0 Å². The van der Waals surface area contributed by atoms with E-state index >= 15 is 0 Å². The first kappa shape index (κ1) is 48.5. The van der Waals surface area contributed by atoms with Gasteiger partial charge in [0.05, 0.1) is 44.3 Å². The van der Waals surface area contributed by atoms with Gasteiger partial charge in [-0.25, -0.2) is 0 Å². The maximum Gasteiger partial charge on any atom is 0.0754 e. The molecule has 2 aromatic heterocycles. The Hall–Kier alpha value is -11.6. The van der Waals surface area contributed by atoms with Gasteiger partial charge in [0.2, 0.25) is 0 Å². The van der Waals surface area contributed by atoms with E-state index in [4.69, 9.17) is 0 Å². The van der Waals surface area contributed by atoms with Crippen LogP contribution in [0.25, 0.3) is 143 Å². The number of nitrogens with zero attached hydrogens (tertiary/aromatic N) is 2. The lowest BCUT2D eigenvalue weighted by Gasteiger charge is -2.39. The van der Waals surface area contributed by atoms with Crippen molar-refractivity contribution in [3.05, 3.63) is 360 Å². The molecule has 2 heteroatoms. The molecule has 2 aliphatic heterocycles. The Morgan fingerprint density at radius 3 is 1.06 bits per heavy atom. The highest BCUT2D eigenvalue weighted by atomic mass is 15.0. The molecule has 4 heterocycles. The van der Waals surface area contributed by atoms with Gasteiger partial charge < -0.3 is 9.13 Å². The zero-order valence-electron chi connectivity index (χ0n) is 48.9. The van der Waals surface area contributed by atoms with Crippen LogP contribution in [0.15, 0.2) is 315 Å². The Morgan fingerprint density at radius 1 is 0.189 bits per heavy atom. The summed E-state index contributed by atoms with van der Waals surface area (Å²) in [6.07, 6.45) is 0. The fourth-order valence-electron chi connectivity index (χ4n) is 18.1. The third-order valence-corrected chi connectivity index (χ3v) is 21.3. The molecular weight excluding hydrogens is 1080 g/mol. The standard InChI is InChI=1S/C88H52N2/c1-2-22-53(23-3-1)54-48-50-55(51-49-54)82-62-30-16-28-56(60-32-18-40-74-83(60)66-26-4-8-36-70(66)87(74)72-38-10-14-46-80(72)89-78-44-12-6-24-58(78)64-34-20-42-76(87)85(64)89)68(62)52-69-57(29-17-31-63(69)82)61-33-19-41-75-84(61)67-27-5-9-37-71(67)88(75)73-39-11-15-47-81(73)90-79-45-13-7-25-59(79)65-35-21-43-77(88)86(65)90/h1-52H. The molecule has 21 rings (SSSR count). The molecule has 2 atom stereocenters. The van der Waals surface area contributed by atoms with Crippen LogP contribution in [0, 0.1) is 0 Å². The zero-order valence-corrected chi connectivity index (χ0v) is 48.9. The molecule has 414 valence electrons. The molecular formula is C88H52N2. The van der Waals surface area contributed by atoms with Gasteiger partial charge in [0.15, 0.2) is 0 Å². The Bertz CT molecular complexity index is 5710. The number of fused-ring (bicyclic) bond motifs is 26. The summed E-state index contributed by atoms with van der Waals surface area (Å²) in [7, 11) is 0. The average molecular weight is 1140 g/mol. The second kappa shape index (κ2) is 17.6. The van der Waals surface area contributed by atoms with Gasteiger partial charge in [-0.2, -0.15) is 0 Å². The first-order chi connectivity index (χ1) is 44.7. The van der Waals surface area contributed by atoms with Crippen LogP contribution in [-0.2, 0) is 10.8 Å². The smallest absolute Gasteiger partial charge is 0.0754 e. The number of hydrogen-bond donors (Lipinski definition) is 0. The molecule has 0 bridgehead atoms. The van der Waals surface area contributed by atoms with Crippen molar-refractivity contribution in [3.8, 4) is 78.1 Å². The predicted octanol–water partition coefficient (Wildman–Crippen LogP) is 22.2. The summed E-state index contributed by atoms with van der Waals surface area (Å²) in [5.74, 6) is 0. The average Bonchev–Trinajstić information content (AvgIpc) is 1.48. The first-order valence-electron chi connectivity index (χ1n) is 31.6. The van der Waals surface area contributed by atoms with Crippen molar-refractivity contribution in [2.45, 2.75) is 10.8 Å². The fraction of sp³-hybridized carbons (Fsp3) is 0.0227. The lowest BCUT2D eigenvalue weighted by atomic mass is 9.65.